The second-order valence-corrected chi connectivity index (χ2v) is 6.76. The molecule has 0 atom stereocenters. The fourth-order valence-corrected chi connectivity index (χ4v) is 2.90. The molecule has 1 fully saturated rings. The molecule has 1 aliphatic rings. The van der Waals surface area contributed by atoms with Crippen molar-refractivity contribution in [3.05, 3.63) is 0 Å². The molecule has 112 valence electrons. The first kappa shape index (κ1) is 16.5. The summed E-state index contributed by atoms with van der Waals surface area (Å²) in [7, 11) is 0. The van der Waals surface area contributed by atoms with Crippen LogP contribution < -0.4 is 5.32 Å². The Balaban J connectivity index is 2.18. The van der Waals surface area contributed by atoms with E-state index in [1.165, 1.54) is 12.8 Å². The Labute approximate surface area is 118 Å². The second-order valence-electron chi connectivity index (χ2n) is 6.76. The zero-order valence-electron chi connectivity index (χ0n) is 13.1. The maximum absolute atomic E-state index is 12.0. The molecule has 3 heteroatoms. The molecule has 0 aliphatic heterocycles. The summed E-state index contributed by atoms with van der Waals surface area (Å²) >= 11 is 0. The molecule has 1 amide bonds. The number of carbonyl (C=O) groups excluding carboxylic acids is 1. The lowest BCUT2D eigenvalue weighted by Gasteiger charge is -2.36. The van der Waals surface area contributed by atoms with E-state index in [0.29, 0.717) is 5.41 Å². The maximum atomic E-state index is 12.0. The van der Waals surface area contributed by atoms with Gasteiger partial charge in [-0.1, -0.05) is 20.8 Å². The lowest BCUT2D eigenvalue weighted by molar-refractivity contribution is -0.126. The van der Waals surface area contributed by atoms with E-state index in [4.69, 9.17) is 4.74 Å². The van der Waals surface area contributed by atoms with Crippen molar-refractivity contribution in [2.45, 2.75) is 59.8 Å². The highest BCUT2D eigenvalue weighted by molar-refractivity contribution is 5.78. The zero-order valence-corrected chi connectivity index (χ0v) is 13.1. The summed E-state index contributed by atoms with van der Waals surface area (Å²) in [6.45, 7) is 11.2. The minimum absolute atomic E-state index is 0.241. The van der Waals surface area contributed by atoms with E-state index in [-0.39, 0.29) is 11.8 Å². The van der Waals surface area contributed by atoms with Crippen molar-refractivity contribution in [3.8, 4) is 0 Å². The molecule has 0 aromatic rings. The van der Waals surface area contributed by atoms with Crippen molar-refractivity contribution in [1.29, 1.82) is 0 Å². The van der Waals surface area contributed by atoms with Crippen molar-refractivity contribution in [3.63, 3.8) is 0 Å². The Morgan fingerprint density at radius 2 is 1.84 bits per heavy atom. The smallest absolute Gasteiger partial charge is 0.223 e. The third-order valence-corrected chi connectivity index (χ3v) is 4.29. The van der Waals surface area contributed by atoms with Gasteiger partial charge in [-0.2, -0.15) is 0 Å². The van der Waals surface area contributed by atoms with Crippen molar-refractivity contribution >= 4 is 5.91 Å². The number of carbonyl (C=O) groups is 1. The van der Waals surface area contributed by atoms with Crippen LogP contribution in [0.2, 0.25) is 0 Å². The molecule has 0 heterocycles. The summed E-state index contributed by atoms with van der Waals surface area (Å²) in [5.74, 6) is 1.27. The Morgan fingerprint density at radius 1 is 1.21 bits per heavy atom. The molecule has 0 radical (unpaired) electrons. The Bertz CT molecular complexity index is 262. The number of hydrogen-bond acceptors (Lipinski definition) is 2. The molecule has 0 aromatic heterocycles. The third kappa shape index (κ3) is 5.94. The molecule has 0 unspecified atom stereocenters. The summed E-state index contributed by atoms with van der Waals surface area (Å²) in [5.41, 5.74) is 0.388. The quantitative estimate of drug-likeness (QED) is 0.751. The highest BCUT2D eigenvalue weighted by atomic mass is 16.5. The summed E-state index contributed by atoms with van der Waals surface area (Å²) in [4.78, 5) is 12.0. The van der Waals surface area contributed by atoms with Crippen LogP contribution in [0.25, 0.3) is 0 Å². The van der Waals surface area contributed by atoms with Gasteiger partial charge < -0.3 is 10.1 Å². The van der Waals surface area contributed by atoms with Crippen LogP contribution >= 0.6 is 0 Å². The molecule has 1 aliphatic carbocycles. The largest absolute Gasteiger partial charge is 0.382 e. The monoisotopic (exact) mass is 269 g/mol. The van der Waals surface area contributed by atoms with Crippen molar-refractivity contribution in [1.82, 2.24) is 5.32 Å². The van der Waals surface area contributed by atoms with E-state index in [1.54, 1.807) is 0 Å². The highest BCUT2D eigenvalue weighted by Gasteiger charge is 2.32. The van der Waals surface area contributed by atoms with Crippen LogP contribution in [0.3, 0.4) is 0 Å². The molecule has 1 rings (SSSR count). The Kier molecular flexibility index (Phi) is 6.84. The number of ether oxygens (including phenoxy) is 1. The number of amides is 1. The van der Waals surface area contributed by atoms with Crippen LogP contribution in [0.4, 0.5) is 0 Å². The standard InChI is InChI=1S/C16H31NO2/c1-5-19-12-6-11-17-15(18)13-7-9-14(10-8-13)16(2,3)4/h13-14H,5-12H2,1-4H3,(H,17,18). The van der Waals surface area contributed by atoms with E-state index >= 15 is 0 Å². The second kappa shape index (κ2) is 7.88. The van der Waals surface area contributed by atoms with Gasteiger partial charge in [0.15, 0.2) is 0 Å². The van der Waals surface area contributed by atoms with Crippen molar-refractivity contribution < 1.29 is 9.53 Å². The first-order valence-electron chi connectivity index (χ1n) is 7.80. The minimum atomic E-state index is 0.241. The van der Waals surface area contributed by atoms with Gasteiger partial charge in [-0.15, -0.1) is 0 Å². The molecule has 0 bridgehead atoms. The Hall–Kier alpha value is -0.570. The van der Waals surface area contributed by atoms with E-state index in [1.807, 2.05) is 6.92 Å². The predicted molar refractivity (Wildman–Crippen MR) is 79.0 cm³/mol. The van der Waals surface area contributed by atoms with E-state index in [9.17, 15) is 4.79 Å². The molecular formula is C16H31NO2. The maximum Gasteiger partial charge on any atom is 0.223 e. The topological polar surface area (TPSA) is 38.3 Å². The molecule has 0 spiro atoms. The van der Waals surface area contributed by atoms with Crippen LogP contribution in [0, 0.1) is 17.3 Å². The normalized spacial score (nSPS) is 24.2. The average Bonchev–Trinajstić information content (AvgIpc) is 2.37. The van der Waals surface area contributed by atoms with Gasteiger partial charge in [0.25, 0.3) is 0 Å². The van der Waals surface area contributed by atoms with Gasteiger partial charge in [0.2, 0.25) is 5.91 Å². The van der Waals surface area contributed by atoms with Gasteiger partial charge in [0, 0.05) is 25.7 Å². The van der Waals surface area contributed by atoms with Gasteiger partial charge >= 0.3 is 0 Å². The minimum Gasteiger partial charge on any atom is -0.382 e. The molecule has 0 saturated heterocycles. The zero-order chi connectivity index (χ0) is 14.3. The number of rotatable bonds is 6. The number of nitrogens with one attached hydrogen (secondary N) is 1. The van der Waals surface area contributed by atoms with Crippen LogP contribution in [0.5, 0.6) is 0 Å². The molecule has 1 saturated carbocycles. The highest BCUT2D eigenvalue weighted by Crippen LogP contribution is 2.39. The van der Waals surface area contributed by atoms with Crippen molar-refractivity contribution in [2.24, 2.45) is 17.3 Å². The summed E-state index contributed by atoms with van der Waals surface area (Å²) in [5, 5.41) is 3.05. The van der Waals surface area contributed by atoms with E-state index in [2.05, 4.69) is 26.1 Å². The fraction of sp³-hybridized carbons (Fsp3) is 0.938. The average molecular weight is 269 g/mol. The van der Waals surface area contributed by atoms with E-state index < -0.39 is 0 Å². The molecular weight excluding hydrogens is 238 g/mol. The van der Waals surface area contributed by atoms with Crippen LogP contribution in [-0.2, 0) is 9.53 Å². The fourth-order valence-electron chi connectivity index (χ4n) is 2.90. The molecule has 1 N–H and O–H groups in total. The van der Waals surface area contributed by atoms with Gasteiger partial charge in [0.1, 0.15) is 0 Å². The van der Waals surface area contributed by atoms with E-state index in [0.717, 1.165) is 44.9 Å². The third-order valence-electron chi connectivity index (χ3n) is 4.29. The van der Waals surface area contributed by atoms with Gasteiger partial charge in [0.05, 0.1) is 0 Å². The number of hydrogen-bond donors (Lipinski definition) is 1. The molecule has 3 nitrogen and oxygen atoms in total. The lowest BCUT2D eigenvalue weighted by Crippen LogP contribution is -2.36. The van der Waals surface area contributed by atoms with Crippen molar-refractivity contribution in [2.75, 3.05) is 19.8 Å². The summed E-state index contributed by atoms with van der Waals surface area (Å²) < 4.78 is 5.26. The first-order chi connectivity index (χ1) is 8.95. The first-order valence-corrected chi connectivity index (χ1v) is 7.80. The van der Waals surface area contributed by atoms with Gasteiger partial charge in [-0.3, -0.25) is 4.79 Å². The summed E-state index contributed by atoms with van der Waals surface area (Å²) in [6.07, 6.45) is 5.41. The lowest BCUT2D eigenvalue weighted by atomic mass is 9.69. The molecule has 19 heavy (non-hydrogen) atoms. The predicted octanol–water partition coefficient (Wildman–Crippen LogP) is 3.38. The van der Waals surface area contributed by atoms with Crippen LogP contribution in [0.1, 0.15) is 59.8 Å². The van der Waals surface area contributed by atoms with Gasteiger partial charge in [-0.05, 0) is 50.4 Å². The SMILES string of the molecule is CCOCCCNC(=O)C1CCC(C(C)(C)C)CC1. The summed E-state index contributed by atoms with van der Waals surface area (Å²) in [6, 6.07) is 0. The Morgan fingerprint density at radius 3 is 2.37 bits per heavy atom. The van der Waals surface area contributed by atoms with Crippen LogP contribution in [0.15, 0.2) is 0 Å². The van der Waals surface area contributed by atoms with Crippen LogP contribution in [-0.4, -0.2) is 25.7 Å². The van der Waals surface area contributed by atoms with Gasteiger partial charge in [-0.25, -0.2) is 0 Å². The molecule has 0 aromatic carbocycles.